The Morgan fingerprint density at radius 2 is 0.577 bits per heavy atom. The number of halogens is 1. The van der Waals surface area contributed by atoms with Crippen LogP contribution in [0.25, 0.3) is 0 Å². The van der Waals surface area contributed by atoms with Crippen LogP contribution in [-0.4, -0.2) is 13.1 Å². The summed E-state index contributed by atoms with van der Waals surface area (Å²) >= 11 is 0. The third-order valence-electron chi connectivity index (χ3n) is 5.41. The zero-order chi connectivity index (χ0) is 18.3. The van der Waals surface area contributed by atoms with Crippen LogP contribution in [-0.2, 0) is 0 Å². The minimum atomic E-state index is 0. The molecule has 0 aliphatic heterocycles. The monoisotopic (exact) mass is 373 g/mol. The summed E-state index contributed by atoms with van der Waals surface area (Å²) in [6.07, 6.45) is 28.8. The molecule has 0 amide bonds. The lowest BCUT2D eigenvalue weighted by atomic mass is 10.1. The molecule has 0 heterocycles. The normalized spacial score (nSPS) is 10.8. The van der Waals surface area contributed by atoms with Crippen LogP contribution in [0, 0.1) is 0 Å². The molecule has 0 atom stereocenters. The zero-order valence-electron chi connectivity index (χ0n) is 18.5. The molecule has 26 heavy (non-hydrogen) atoms. The first kappa shape index (κ1) is 28.1. The van der Waals surface area contributed by atoms with E-state index >= 15 is 0 Å². The number of rotatable bonds is 22. The average Bonchev–Trinajstić information content (AvgIpc) is 2.63. The predicted octanol–water partition coefficient (Wildman–Crippen LogP) is 8.57. The molecule has 0 fully saturated rings. The molecule has 0 saturated heterocycles. The fourth-order valence-corrected chi connectivity index (χ4v) is 3.60. The Bertz CT molecular complexity index is 198. The summed E-state index contributed by atoms with van der Waals surface area (Å²) in [4.78, 5) is 0. The molecule has 0 aliphatic carbocycles. The molecule has 0 spiro atoms. The van der Waals surface area contributed by atoms with Gasteiger partial charge in [0.2, 0.25) is 0 Å². The quantitative estimate of drug-likeness (QED) is 0.187. The van der Waals surface area contributed by atoms with Crippen molar-refractivity contribution in [3.63, 3.8) is 0 Å². The third-order valence-corrected chi connectivity index (χ3v) is 5.41. The zero-order valence-corrected chi connectivity index (χ0v) is 18.5. The van der Waals surface area contributed by atoms with Gasteiger partial charge in [0, 0.05) is 0 Å². The predicted molar refractivity (Wildman–Crippen MR) is 119 cm³/mol. The largest absolute Gasteiger partial charge is 0.317 e. The fraction of sp³-hybridized carbons (Fsp3) is 1.00. The number of nitrogens with one attached hydrogen (secondary N) is 1. The Balaban J connectivity index is 0. The fourth-order valence-electron chi connectivity index (χ4n) is 3.60. The molecular weight excluding hydrogens is 321 g/mol. The molecular formula is C24H52FN. The van der Waals surface area contributed by atoms with Gasteiger partial charge in [0.15, 0.2) is 0 Å². The molecule has 1 N–H and O–H groups in total. The van der Waals surface area contributed by atoms with Crippen LogP contribution in [0.5, 0.6) is 0 Å². The molecule has 0 radical (unpaired) electrons. The van der Waals surface area contributed by atoms with Gasteiger partial charge in [-0.25, -0.2) is 0 Å². The molecule has 0 unspecified atom stereocenters. The van der Waals surface area contributed by atoms with Crippen molar-refractivity contribution in [2.75, 3.05) is 13.1 Å². The van der Waals surface area contributed by atoms with Crippen LogP contribution >= 0.6 is 0 Å². The molecule has 0 aromatic heterocycles. The minimum Gasteiger partial charge on any atom is -0.317 e. The smallest absolute Gasteiger partial charge is 0.00489 e. The Kier molecular flexibility index (Phi) is 29.3. The topological polar surface area (TPSA) is 12.0 Å². The summed E-state index contributed by atoms with van der Waals surface area (Å²) in [5, 5.41) is 3.64. The summed E-state index contributed by atoms with van der Waals surface area (Å²) in [7, 11) is 0. The summed E-state index contributed by atoms with van der Waals surface area (Å²) in [6, 6.07) is 0. The minimum absolute atomic E-state index is 0. The third kappa shape index (κ3) is 26.1. The van der Waals surface area contributed by atoms with E-state index < -0.39 is 0 Å². The van der Waals surface area contributed by atoms with Crippen LogP contribution in [0.1, 0.15) is 142 Å². The summed E-state index contributed by atoms with van der Waals surface area (Å²) in [5.41, 5.74) is 0. The van der Waals surface area contributed by atoms with Crippen molar-refractivity contribution in [3.8, 4) is 0 Å². The van der Waals surface area contributed by atoms with E-state index in [1.807, 2.05) is 0 Å². The molecule has 1 nitrogen and oxygen atoms in total. The van der Waals surface area contributed by atoms with Crippen molar-refractivity contribution in [2.45, 2.75) is 142 Å². The Hall–Kier alpha value is -0.110. The molecule has 0 aromatic carbocycles. The molecule has 0 rings (SSSR count). The van der Waals surface area contributed by atoms with Gasteiger partial charge in [0.05, 0.1) is 0 Å². The first-order chi connectivity index (χ1) is 12.4. The lowest BCUT2D eigenvalue weighted by Gasteiger charge is -2.05. The van der Waals surface area contributed by atoms with E-state index in [4.69, 9.17) is 0 Å². The SMILES string of the molecule is CCCCCCCCCCCCNCCCCCCCCCCCC.F. The second kappa shape index (κ2) is 27.1. The van der Waals surface area contributed by atoms with Crippen molar-refractivity contribution >= 4 is 0 Å². The molecule has 0 aliphatic rings. The Morgan fingerprint density at radius 3 is 0.846 bits per heavy atom. The van der Waals surface area contributed by atoms with E-state index in [0.29, 0.717) is 0 Å². The Labute approximate surface area is 165 Å². The lowest BCUT2D eigenvalue weighted by Crippen LogP contribution is -2.16. The summed E-state index contributed by atoms with van der Waals surface area (Å²) in [6.45, 7) is 7.08. The van der Waals surface area contributed by atoms with E-state index in [0.717, 1.165) is 0 Å². The highest BCUT2D eigenvalue weighted by Crippen LogP contribution is 2.11. The van der Waals surface area contributed by atoms with Gasteiger partial charge < -0.3 is 5.32 Å². The highest BCUT2D eigenvalue weighted by atomic mass is 19.0. The highest BCUT2D eigenvalue weighted by Gasteiger charge is 1.94. The van der Waals surface area contributed by atoms with E-state index in [1.165, 1.54) is 142 Å². The maximum Gasteiger partial charge on any atom is -0.00489 e. The van der Waals surface area contributed by atoms with Crippen molar-refractivity contribution in [1.82, 2.24) is 5.32 Å². The first-order valence-electron chi connectivity index (χ1n) is 12.1. The lowest BCUT2D eigenvalue weighted by molar-refractivity contribution is 0.525. The van der Waals surface area contributed by atoms with Gasteiger partial charge in [-0.1, -0.05) is 129 Å². The molecule has 0 aromatic rings. The van der Waals surface area contributed by atoms with Crippen molar-refractivity contribution in [1.29, 1.82) is 0 Å². The van der Waals surface area contributed by atoms with Gasteiger partial charge in [-0.3, -0.25) is 4.70 Å². The van der Waals surface area contributed by atoms with Gasteiger partial charge in [0.1, 0.15) is 0 Å². The van der Waals surface area contributed by atoms with Crippen LogP contribution < -0.4 is 5.32 Å². The number of unbranched alkanes of at least 4 members (excludes halogenated alkanes) is 18. The highest BCUT2D eigenvalue weighted by molar-refractivity contribution is 4.53. The van der Waals surface area contributed by atoms with E-state index in [-0.39, 0.29) is 4.70 Å². The van der Waals surface area contributed by atoms with Gasteiger partial charge in [-0.2, -0.15) is 0 Å². The van der Waals surface area contributed by atoms with Gasteiger partial charge in [0.25, 0.3) is 0 Å². The second-order valence-electron chi connectivity index (χ2n) is 8.11. The standard InChI is InChI=1S/C24H51N.FH/c1-3-5-7-9-11-13-15-17-19-21-23-25-24-22-20-18-16-14-12-10-8-6-4-2;/h25H,3-24H2,1-2H3;1H. The van der Waals surface area contributed by atoms with Gasteiger partial charge >= 0.3 is 0 Å². The van der Waals surface area contributed by atoms with Gasteiger partial charge in [-0.15, -0.1) is 0 Å². The van der Waals surface area contributed by atoms with Gasteiger partial charge in [-0.05, 0) is 25.9 Å². The average molecular weight is 374 g/mol. The number of hydrogen-bond acceptors (Lipinski definition) is 1. The molecule has 2 heteroatoms. The van der Waals surface area contributed by atoms with Crippen molar-refractivity contribution in [2.24, 2.45) is 0 Å². The van der Waals surface area contributed by atoms with Crippen LogP contribution in [0.3, 0.4) is 0 Å². The van der Waals surface area contributed by atoms with Crippen molar-refractivity contribution in [3.05, 3.63) is 0 Å². The molecule has 0 bridgehead atoms. The van der Waals surface area contributed by atoms with Crippen LogP contribution in [0.2, 0.25) is 0 Å². The molecule has 0 saturated carbocycles. The molecule has 160 valence electrons. The summed E-state index contributed by atoms with van der Waals surface area (Å²) < 4.78 is 0. The second-order valence-corrected chi connectivity index (χ2v) is 8.11. The number of hydrogen-bond donors (Lipinski definition) is 1. The van der Waals surface area contributed by atoms with E-state index in [2.05, 4.69) is 19.2 Å². The van der Waals surface area contributed by atoms with Crippen LogP contribution in [0.15, 0.2) is 0 Å². The van der Waals surface area contributed by atoms with Crippen LogP contribution in [0.4, 0.5) is 4.70 Å². The Morgan fingerprint density at radius 1 is 0.346 bits per heavy atom. The van der Waals surface area contributed by atoms with E-state index in [9.17, 15) is 0 Å². The summed E-state index contributed by atoms with van der Waals surface area (Å²) in [5.74, 6) is 0. The van der Waals surface area contributed by atoms with E-state index in [1.54, 1.807) is 0 Å². The van der Waals surface area contributed by atoms with Crippen molar-refractivity contribution < 1.29 is 4.70 Å². The maximum atomic E-state index is 3.64. The maximum absolute atomic E-state index is 3.64. The first-order valence-corrected chi connectivity index (χ1v) is 12.1.